The van der Waals surface area contributed by atoms with Crippen LogP contribution in [0.25, 0.3) is 0 Å². The second-order valence-corrected chi connectivity index (χ2v) is 6.04. The predicted octanol–water partition coefficient (Wildman–Crippen LogP) is 4.40. The minimum atomic E-state index is -0.294. The molecular weight excluding hydrogens is 458 g/mol. The van der Waals surface area contributed by atoms with Crippen molar-refractivity contribution in [2.45, 2.75) is 32.4 Å². The van der Waals surface area contributed by atoms with Crippen LogP contribution >= 0.6 is 24.0 Å². The van der Waals surface area contributed by atoms with E-state index in [1.165, 1.54) is 12.1 Å². The van der Waals surface area contributed by atoms with Crippen LogP contribution in [0.4, 0.5) is 4.39 Å². The molecule has 1 aromatic carbocycles. The van der Waals surface area contributed by atoms with Crippen molar-refractivity contribution < 1.29 is 9.13 Å². The molecule has 1 aliphatic carbocycles. The van der Waals surface area contributed by atoms with E-state index in [0.717, 1.165) is 30.9 Å². The molecule has 3 rings (SSSR count). The van der Waals surface area contributed by atoms with E-state index >= 15 is 0 Å². The smallest absolute Gasteiger partial charge is 0.219 e. The van der Waals surface area contributed by atoms with Gasteiger partial charge in [0.05, 0.1) is 6.54 Å². The van der Waals surface area contributed by atoms with E-state index in [2.05, 4.69) is 32.8 Å². The summed E-state index contributed by atoms with van der Waals surface area (Å²) < 4.78 is 18.5. The van der Waals surface area contributed by atoms with E-state index in [1.54, 1.807) is 24.4 Å². The third kappa shape index (κ3) is 6.82. The molecule has 1 aliphatic rings. The van der Waals surface area contributed by atoms with Crippen molar-refractivity contribution in [2.75, 3.05) is 6.54 Å². The van der Waals surface area contributed by atoms with Gasteiger partial charge in [-0.2, -0.15) is 0 Å². The van der Waals surface area contributed by atoms with Gasteiger partial charge in [0, 0.05) is 24.8 Å². The highest BCUT2D eigenvalue weighted by Gasteiger charge is 2.11. The molecule has 0 aliphatic heterocycles. The number of aliphatic imine (C=N–C) groups is 1. The summed E-state index contributed by atoms with van der Waals surface area (Å²) in [5, 5.41) is 6.70. The number of benzene rings is 1. The standard InChI is InChI=1S/C20H23FN4O.HI/c1-2-22-20(25-17-5-3-4-6-17)24-14-15-7-12-19(23-13-15)26-18-10-8-16(21)9-11-18;/h3-4,7-13,17H,2,5-6,14H2,1H3,(H2,22,24,25);1H. The fraction of sp³-hybridized carbons (Fsp3) is 0.300. The Morgan fingerprint density at radius 2 is 1.93 bits per heavy atom. The van der Waals surface area contributed by atoms with Crippen LogP contribution in [-0.2, 0) is 6.54 Å². The van der Waals surface area contributed by atoms with E-state index in [1.807, 2.05) is 13.0 Å². The number of aromatic nitrogens is 1. The highest BCUT2D eigenvalue weighted by molar-refractivity contribution is 14.0. The summed E-state index contributed by atoms with van der Waals surface area (Å²) in [4.78, 5) is 8.90. The second-order valence-electron chi connectivity index (χ2n) is 6.04. The number of hydrogen-bond donors (Lipinski definition) is 2. The van der Waals surface area contributed by atoms with E-state index in [4.69, 9.17) is 4.74 Å². The number of rotatable bonds is 6. The maximum Gasteiger partial charge on any atom is 0.219 e. The van der Waals surface area contributed by atoms with E-state index in [9.17, 15) is 4.39 Å². The lowest BCUT2D eigenvalue weighted by Gasteiger charge is -2.16. The van der Waals surface area contributed by atoms with Crippen LogP contribution in [-0.4, -0.2) is 23.5 Å². The first-order chi connectivity index (χ1) is 12.7. The lowest BCUT2D eigenvalue weighted by Crippen LogP contribution is -2.42. The van der Waals surface area contributed by atoms with Crippen LogP contribution in [0.15, 0.2) is 59.7 Å². The molecule has 0 saturated heterocycles. The molecule has 0 atom stereocenters. The molecule has 0 bridgehead atoms. The number of halogens is 2. The van der Waals surface area contributed by atoms with Gasteiger partial charge >= 0.3 is 0 Å². The van der Waals surface area contributed by atoms with Crippen LogP contribution in [0.5, 0.6) is 11.6 Å². The molecule has 0 fully saturated rings. The van der Waals surface area contributed by atoms with E-state index < -0.39 is 0 Å². The fourth-order valence-corrected chi connectivity index (χ4v) is 2.61. The highest BCUT2D eigenvalue weighted by atomic mass is 127. The summed E-state index contributed by atoms with van der Waals surface area (Å²) in [5.41, 5.74) is 0.984. The average Bonchev–Trinajstić information content (AvgIpc) is 3.16. The minimum absolute atomic E-state index is 0. The van der Waals surface area contributed by atoms with Gasteiger partial charge in [0.25, 0.3) is 0 Å². The third-order valence-corrected chi connectivity index (χ3v) is 3.95. The van der Waals surface area contributed by atoms with Gasteiger partial charge in [0.2, 0.25) is 5.88 Å². The average molecular weight is 482 g/mol. The first kappa shape index (κ1) is 21.1. The van der Waals surface area contributed by atoms with Crippen LogP contribution < -0.4 is 15.4 Å². The lowest BCUT2D eigenvalue weighted by atomic mass is 10.2. The van der Waals surface area contributed by atoms with Gasteiger partial charge in [0.15, 0.2) is 5.96 Å². The maximum absolute atomic E-state index is 12.9. The van der Waals surface area contributed by atoms with E-state index in [-0.39, 0.29) is 29.8 Å². The molecule has 0 amide bonds. The van der Waals surface area contributed by atoms with Gasteiger partial charge in [-0.25, -0.2) is 14.4 Å². The minimum Gasteiger partial charge on any atom is -0.439 e. The summed E-state index contributed by atoms with van der Waals surface area (Å²) in [7, 11) is 0. The van der Waals surface area contributed by atoms with Crippen LogP contribution in [0.2, 0.25) is 0 Å². The summed E-state index contributed by atoms with van der Waals surface area (Å²) in [6.45, 7) is 3.39. The number of pyridine rings is 1. The molecular formula is C20H24FIN4O. The highest BCUT2D eigenvalue weighted by Crippen LogP contribution is 2.19. The van der Waals surface area contributed by atoms with Crippen molar-refractivity contribution in [1.82, 2.24) is 15.6 Å². The summed E-state index contributed by atoms with van der Waals surface area (Å²) >= 11 is 0. The predicted molar refractivity (Wildman–Crippen MR) is 116 cm³/mol. The van der Waals surface area contributed by atoms with Crippen molar-refractivity contribution in [2.24, 2.45) is 4.99 Å². The molecule has 1 heterocycles. The topological polar surface area (TPSA) is 58.5 Å². The molecule has 0 unspecified atom stereocenters. The monoisotopic (exact) mass is 482 g/mol. The number of nitrogens with one attached hydrogen (secondary N) is 2. The fourth-order valence-electron chi connectivity index (χ4n) is 2.61. The third-order valence-electron chi connectivity index (χ3n) is 3.95. The van der Waals surface area contributed by atoms with E-state index in [0.29, 0.717) is 24.2 Å². The molecule has 0 radical (unpaired) electrons. The van der Waals surface area contributed by atoms with Gasteiger partial charge in [-0.15, -0.1) is 24.0 Å². The van der Waals surface area contributed by atoms with Gasteiger partial charge in [-0.1, -0.05) is 18.2 Å². The Bertz CT molecular complexity index is 755. The number of hydrogen-bond acceptors (Lipinski definition) is 3. The molecule has 1 aromatic heterocycles. The number of guanidine groups is 1. The Morgan fingerprint density at radius 1 is 1.19 bits per heavy atom. The zero-order chi connectivity index (χ0) is 18.2. The Kier molecular flexibility index (Phi) is 8.50. The van der Waals surface area contributed by atoms with Gasteiger partial charge in [0.1, 0.15) is 11.6 Å². The van der Waals surface area contributed by atoms with Crippen molar-refractivity contribution in [3.63, 3.8) is 0 Å². The molecule has 144 valence electrons. The Balaban J connectivity index is 0.00000261. The van der Waals surface area contributed by atoms with Crippen LogP contribution in [0, 0.1) is 5.82 Å². The Labute approximate surface area is 176 Å². The normalized spacial score (nSPS) is 13.9. The van der Waals surface area contributed by atoms with Gasteiger partial charge in [-0.3, -0.25) is 0 Å². The lowest BCUT2D eigenvalue weighted by molar-refractivity contribution is 0.461. The summed E-state index contributed by atoms with van der Waals surface area (Å²) in [6, 6.07) is 9.98. The molecule has 2 N–H and O–H groups in total. The van der Waals surface area contributed by atoms with Crippen molar-refractivity contribution in [1.29, 1.82) is 0 Å². The molecule has 5 nitrogen and oxygen atoms in total. The van der Waals surface area contributed by atoms with Crippen LogP contribution in [0.3, 0.4) is 0 Å². The first-order valence-electron chi connectivity index (χ1n) is 8.81. The summed E-state index contributed by atoms with van der Waals surface area (Å²) in [6.07, 6.45) is 8.17. The molecule has 0 saturated carbocycles. The molecule has 7 heteroatoms. The number of nitrogens with zero attached hydrogens (tertiary/aromatic N) is 2. The Hall–Kier alpha value is -2.16. The molecule has 2 aromatic rings. The van der Waals surface area contributed by atoms with Crippen molar-refractivity contribution in [3.8, 4) is 11.6 Å². The summed E-state index contributed by atoms with van der Waals surface area (Å²) in [5.74, 6) is 1.53. The van der Waals surface area contributed by atoms with Gasteiger partial charge < -0.3 is 15.4 Å². The maximum atomic E-state index is 12.9. The van der Waals surface area contributed by atoms with Crippen LogP contribution in [0.1, 0.15) is 25.3 Å². The first-order valence-corrected chi connectivity index (χ1v) is 8.81. The quantitative estimate of drug-likeness (QED) is 0.277. The largest absolute Gasteiger partial charge is 0.439 e. The zero-order valence-electron chi connectivity index (χ0n) is 15.2. The zero-order valence-corrected chi connectivity index (χ0v) is 17.5. The SMILES string of the molecule is CCNC(=NCc1ccc(Oc2ccc(F)cc2)nc1)NC1CC=CC1.I. The second kappa shape index (κ2) is 10.9. The number of ether oxygens (including phenoxy) is 1. The molecule has 27 heavy (non-hydrogen) atoms. The van der Waals surface area contributed by atoms with Crippen molar-refractivity contribution in [3.05, 3.63) is 66.1 Å². The van der Waals surface area contributed by atoms with Gasteiger partial charge in [-0.05, 0) is 49.6 Å². The van der Waals surface area contributed by atoms with Crippen molar-refractivity contribution >= 4 is 29.9 Å². The Morgan fingerprint density at radius 3 is 2.56 bits per heavy atom. The molecule has 0 spiro atoms.